The molecule has 1 heterocycles. The van der Waals surface area contributed by atoms with Gasteiger partial charge < -0.3 is 14.9 Å². The van der Waals surface area contributed by atoms with E-state index in [9.17, 15) is 9.59 Å². The summed E-state index contributed by atoms with van der Waals surface area (Å²) in [4.78, 5) is 26.8. The maximum absolute atomic E-state index is 12.5. The SMILES string of the molecule is CCN(CC(C)C(=O)O)C(=O)N1CC=C(C(C)(C)C)CC1. The van der Waals surface area contributed by atoms with Crippen molar-refractivity contribution in [2.45, 2.75) is 41.0 Å². The van der Waals surface area contributed by atoms with Gasteiger partial charge in [0.2, 0.25) is 0 Å². The number of amides is 2. The van der Waals surface area contributed by atoms with E-state index in [4.69, 9.17) is 5.11 Å². The molecule has 0 bridgehead atoms. The highest BCUT2D eigenvalue weighted by Gasteiger charge is 2.27. The third-order valence-corrected chi connectivity index (χ3v) is 4.01. The Kier molecular flexibility index (Phi) is 5.81. The molecule has 0 aromatic carbocycles. The third-order valence-electron chi connectivity index (χ3n) is 4.01. The van der Waals surface area contributed by atoms with Gasteiger partial charge in [-0.2, -0.15) is 0 Å². The summed E-state index contributed by atoms with van der Waals surface area (Å²) in [6, 6.07) is -0.0604. The van der Waals surface area contributed by atoms with E-state index in [-0.39, 0.29) is 18.0 Å². The van der Waals surface area contributed by atoms with Crippen LogP contribution >= 0.6 is 0 Å². The molecular weight excluding hydrogens is 268 g/mol. The van der Waals surface area contributed by atoms with Crippen molar-refractivity contribution in [3.05, 3.63) is 11.6 Å². The highest BCUT2D eigenvalue weighted by molar-refractivity contribution is 5.76. The number of aliphatic carboxylic acids is 1. The Morgan fingerprint density at radius 1 is 1.43 bits per heavy atom. The Balaban J connectivity index is 2.67. The number of urea groups is 1. The lowest BCUT2D eigenvalue weighted by Crippen LogP contribution is -2.47. The van der Waals surface area contributed by atoms with Gasteiger partial charge in [0.1, 0.15) is 0 Å². The van der Waals surface area contributed by atoms with Crippen LogP contribution in [0.1, 0.15) is 41.0 Å². The molecule has 0 aromatic rings. The maximum atomic E-state index is 12.5. The molecule has 1 aliphatic heterocycles. The van der Waals surface area contributed by atoms with E-state index in [1.807, 2.05) is 6.92 Å². The van der Waals surface area contributed by atoms with E-state index in [1.165, 1.54) is 5.57 Å². The van der Waals surface area contributed by atoms with Gasteiger partial charge in [-0.05, 0) is 18.8 Å². The van der Waals surface area contributed by atoms with Gasteiger partial charge in [0.25, 0.3) is 0 Å². The fourth-order valence-electron chi connectivity index (χ4n) is 2.48. The molecular formula is C16H28N2O3. The molecule has 0 radical (unpaired) electrons. The molecule has 0 saturated heterocycles. The molecule has 0 aliphatic carbocycles. The molecule has 5 nitrogen and oxygen atoms in total. The first-order chi connectivity index (χ1) is 9.66. The van der Waals surface area contributed by atoms with Crippen LogP contribution < -0.4 is 0 Å². The number of hydrogen-bond donors (Lipinski definition) is 1. The summed E-state index contributed by atoms with van der Waals surface area (Å²) in [7, 11) is 0. The van der Waals surface area contributed by atoms with Crippen LogP contribution in [-0.4, -0.2) is 53.1 Å². The molecule has 0 fully saturated rings. The molecule has 1 N–H and O–H groups in total. The Morgan fingerprint density at radius 2 is 2.05 bits per heavy atom. The molecule has 0 aromatic heterocycles. The first-order valence-electron chi connectivity index (χ1n) is 7.63. The zero-order chi connectivity index (χ0) is 16.2. The van der Waals surface area contributed by atoms with Crippen molar-refractivity contribution in [2.75, 3.05) is 26.2 Å². The number of hydrogen-bond acceptors (Lipinski definition) is 2. The largest absolute Gasteiger partial charge is 0.481 e. The van der Waals surface area contributed by atoms with Gasteiger partial charge in [0.05, 0.1) is 5.92 Å². The van der Waals surface area contributed by atoms with Crippen LogP contribution in [0.5, 0.6) is 0 Å². The van der Waals surface area contributed by atoms with Crippen molar-refractivity contribution in [1.82, 2.24) is 9.80 Å². The van der Waals surface area contributed by atoms with Gasteiger partial charge >= 0.3 is 12.0 Å². The van der Waals surface area contributed by atoms with Gasteiger partial charge in [-0.15, -0.1) is 0 Å². The quantitative estimate of drug-likeness (QED) is 0.811. The van der Waals surface area contributed by atoms with Crippen LogP contribution in [0.3, 0.4) is 0 Å². The molecule has 2 amide bonds. The first-order valence-corrected chi connectivity index (χ1v) is 7.63. The fourth-order valence-corrected chi connectivity index (χ4v) is 2.48. The number of rotatable bonds is 4. The highest BCUT2D eigenvalue weighted by atomic mass is 16.4. The lowest BCUT2D eigenvalue weighted by Gasteiger charge is -2.35. The topological polar surface area (TPSA) is 60.9 Å². The van der Waals surface area contributed by atoms with Crippen LogP contribution in [0.15, 0.2) is 11.6 Å². The smallest absolute Gasteiger partial charge is 0.320 e. The predicted molar refractivity (Wildman–Crippen MR) is 83.2 cm³/mol. The molecule has 120 valence electrons. The van der Waals surface area contributed by atoms with E-state index in [0.717, 1.165) is 6.42 Å². The molecule has 0 saturated carbocycles. The zero-order valence-electron chi connectivity index (χ0n) is 13.8. The van der Waals surface area contributed by atoms with Crippen molar-refractivity contribution in [3.8, 4) is 0 Å². The number of carbonyl (C=O) groups excluding carboxylic acids is 1. The average Bonchev–Trinajstić information content (AvgIpc) is 2.42. The maximum Gasteiger partial charge on any atom is 0.320 e. The van der Waals surface area contributed by atoms with E-state index >= 15 is 0 Å². The normalized spacial score (nSPS) is 17.2. The van der Waals surface area contributed by atoms with Crippen molar-refractivity contribution in [1.29, 1.82) is 0 Å². The predicted octanol–water partition coefficient (Wildman–Crippen LogP) is 2.83. The van der Waals surface area contributed by atoms with Crippen LogP contribution in [0.4, 0.5) is 4.79 Å². The van der Waals surface area contributed by atoms with Crippen LogP contribution in [0.25, 0.3) is 0 Å². The van der Waals surface area contributed by atoms with Crippen LogP contribution in [0, 0.1) is 11.3 Å². The van der Waals surface area contributed by atoms with Gasteiger partial charge in [0, 0.05) is 26.2 Å². The monoisotopic (exact) mass is 296 g/mol. The summed E-state index contributed by atoms with van der Waals surface area (Å²) in [5.74, 6) is -1.41. The van der Waals surface area contributed by atoms with Crippen LogP contribution in [0.2, 0.25) is 0 Å². The fraction of sp³-hybridized carbons (Fsp3) is 0.750. The summed E-state index contributed by atoms with van der Waals surface area (Å²) in [6.07, 6.45) is 3.02. The van der Waals surface area contributed by atoms with E-state index in [2.05, 4.69) is 26.8 Å². The number of carbonyl (C=O) groups is 2. The second kappa shape index (κ2) is 6.96. The zero-order valence-corrected chi connectivity index (χ0v) is 13.8. The molecule has 5 heteroatoms. The summed E-state index contributed by atoms with van der Waals surface area (Å²) in [5, 5.41) is 8.98. The third kappa shape index (κ3) is 4.76. The molecule has 1 atom stereocenters. The molecule has 1 rings (SSSR count). The summed E-state index contributed by atoms with van der Waals surface area (Å²) in [5.41, 5.74) is 1.53. The minimum absolute atomic E-state index is 0.0604. The summed E-state index contributed by atoms with van der Waals surface area (Å²) in [6.45, 7) is 12.2. The Hall–Kier alpha value is -1.52. The van der Waals surface area contributed by atoms with Crippen molar-refractivity contribution < 1.29 is 14.7 Å². The summed E-state index contributed by atoms with van der Waals surface area (Å²) < 4.78 is 0. The standard InChI is InChI=1S/C16H28N2O3/c1-6-17(11-12(2)14(19)20)15(21)18-9-7-13(8-10-18)16(3,4)5/h7,12H,6,8-11H2,1-5H3,(H,19,20). The number of nitrogens with zero attached hydrogens (tertiary/aromatic N) is 2. The van der Waals surface area contributed by atoms with Gasteiger partial charge in [-0.1, -0.05) is 39.3 Å². The molecule has 0 spiro atoms. The minimum Gasteiger partial charge on any atom is -0.481 e. The lowest BCUT2D eigenvalue weighted by molar-refractivity contribution is -0.141. The van der Waals surface area contributed by atoms with Crippen molar-refractivity contribution in [3.63, 3.8) is 0 Å². The van der Waals surface area contributed by atoms with Crippen LogP contribution in [-0.2, 0) is 4.79 Å². The van der Waals surface area contributed by atoms with E-state index in [0.29, 0.717) is 19.6 Å². The van der Waals surface area contributed by atoms with Gasteiger partial charge in [-0.3, -0.25) is 4.79 Å². The minimum atomic E-state index is -0.866. The van der Waals surface area contributed by atoms with Crippen molar-refractivity contribution >= 4 is 12.0 Å². The first kappa shape index (κ1) is 17.5. The highest BCUT2D eigenvalue weighted by Crippen LogP contribution is 2.30. The second-order valence-electron chi connectivity index (χ2n) is 6.74. The molecule has 1 unspecified atom stereocenters. The van der Waals surface area contributed by atoms with Gasteiger partial charge in [0.15, 0.2) is 0 Å². The summed E-state index contributed by atoms with van der Waals surface area (Å²) >= 11 is 0. The van der Waals surface area contributed by atoms with E-state index in [1.54, 1.807) is 16.7 Å². The molecule has 21 heavy (non-hydrogen) atoms. The number of carboxylic acids is 1. The Bertz CT molecular complexity index is 424. The lowest BCUT2D eigenvalue weighted by atomic mass is 9.83. The second-order valence-corrected chi connectivity index (χ2v) is 6.74. The Morgan fingerprint density at radius 3 is 2.43 bits per heavy atom. The van der Waals surface area contributed by atoms with Gasteiger partial charge in [-0.25, -0.2) is 4.79 Å². The van der Waals surface area contributed by atoms with E-state index < -0.39 is 11.9 Å². The molecule has 1 aliphatic rings. The number of carboxylic acid groups (broad SMARTS) is 1. The Labute approximate surface area is 127 Å². The van der Waals surface area contributed by atoms with Crippen molar-refractivity contribution in [2.24, 2.45) is 11.3 Å². The average molecular weight is 296 g/mol.